The Balaban J connectivity index is 1.81. The second-order valence-corrected chi connectivity index (χ2v) is 16.1. The van der Waals surface area contributed by atoms with E-state index in [2.05, 4.69) is 86.8 Å². The van der Waals surface area contributed by atoms with Crippen molar-refractivity contribution < 1.29 is 18.7 Å². The van der Waals surface area contributed by atoms with Crippen molar-refractivity contribution in [1.82, 2.24) is 5.32 Å². The number of hydrogen-bond acceptors (Lipinski definition) is 4. The zero-order valence-electron chi connectivity index (χ0n) is 22.5. The van der Waals surface area contributed by atoms with Gasteiger partial charge in [-0.25, -0.2) is 4.79 Å². The van der Waals surface area contributed by atoms with E-state index in [0.29, 0.717) is 6.61 Å². The quantitative estimate of drug-likeness (QED) is 0.519. The Morgan fingerprint density at radius 2 is 1.40 bits per heavy atom. The van der Waals surface area contributed by atoms with E-state index in [1.54, 1.807) is 7.11 Å². The van der Waals surface area contributed by atoms with Crippen LogP contribution < -0.4 is 15.7 Å². The maximum Gasteiger partial charge on any atom is 0.407 e. The minimum absolute atomic E-state index is 0.0832. The molecule has 0 spiro atoms. The summed E-state index contributed by atoms with van der Waals surface area (Å²) in [6, 6.07) is 21.5. The lowest BCUT2D eigenvalue weighted by atomic mass is 9.82. The molecule has 1 amide bonds. The molecule has 0 unspecified atom stereocenters. The highest BCUT2D eigenvalue weighted by atomic mass is 28.4. The van der Waals surface area contributed by atoms with Crippen LogP contribution in [-0.2, 0) is 13.9 Å². The van der Waals surface area contributed by atoms with Crippen LogP contribution in [0.25, 0.3) is 0 Å². The maximum atomic E-state index is 12.3. The maximum absolute atomic E-state index is 12.3. The first kappa shape index (κ1) is 27.4. The molecule has 1 saturated carbocycles. The van der Waals surface area contributed by atoms with Gasteiger partial charge >= 0.3 is 6.09 Å². The highest BCUT2D eigenvalue weighted by molar-refractivity contribution is 6.99. The van der Waals surface area contributed by atoms with E-state index in [1.807, 2.05) is 20.8 Å². The summed E-state index contributed by atoms with van der Waals surface area (Å²) < 4.78 is 18.8. The van der Waals surface area contributed by atoms with Gasteiger partial charge in [-0.2, -0.15) is 0 Å². The molecule has 35 heavy (non-hydrogen) atoms. The van der Waals surface area contributed by atoms with E-state index in [9.17, 15) is 4.79 Å². The fourth-order valence-corrected chi connectivity index (χ4v) is 9.81. The Hall–Kier alpha value is -2.15. The van der Waals surface area contributed by atoms with Gasteiger partial charge in [0.1, 0.15) is 5.60 Å². The molecule has 5 nitrogen and oxygen atoms in total. The number of hydrogen-bond donors (Lipinski definition) is 1. The van der Waals surface area contributed by atoms with E-state index in [-0.39, 0.29) is 22.8 Å². The van der Waals surface area contributed by atoms with Crippen LogP contribution >= 0.6 is 0 Å². The standard InChI is InChI=1S/C29H43NO4Si/c1-27(2,3)34-26(31)30-23-18-20-29(32-7,21-19-23)22-33-35(28(4,5)6,24-14-10-8-11-15-24)25-16-12-9-13-17-25/h8-17,23H,18-22H2,1-7H3,(H,30,31)/t23-,29-. The molecule has 1 aliphatic carbocycles. The Bertz CT molecular complexity index is 903. The Morgan fingerprint density at radius 1 is 0.914 bits per heavy atom. The van der Waals surface area contributed by atoms with Crippen molar-refractivity contribution in [3.8, 4) is 0 Å². The van der Waals surface area contributed by atoms with Crippen molar-refractivity contribution in [2.75, 3.05) is 13.7 Å². The monoisotopic (exact) mass is 497 g/mol. The zero-order valence-corrected chi connectivity index (χ0v) is 23.5. The van der Waals surface area contributed by atoms with Crippen LogP contribution in [0.2, 0.25) is 5.04 Å². The molecule has 0 bridgehead atoms. The Labute approximate surface area is 212 Å². The Morgan fingerprint density at radius 3 is 1.80 bits per heavy atom. The molecule has 0 aliphatic heterocycles. The molecule has 6 heteroatoms. The second kappa shape index (κ2) is 10.9. The van der Waals surface area contributed by atoms with Crippen molar-refractivity contribution in [2.24, 2.45) is 0 Å². The predicted molar refractivity (Wildman–Crippen MR) is 145 cm³/mol. The number of ether oxygens (including phenoxy) is 2. The average molecular weight is 498 g/mol. The van der Waals surface area contributed by atoms with Crippen LogP contribution in [0.4, 0.5) is 4.79 Å². The van der Waals surface area contributed by atoms with Crippen molar-refractivity contribution in [1.29, 1.82) is 0 Å². The number of carbonyl (C=O) groups excluding carboxylic acids is 1. The molecular formula is C29H43NO4Si. The average Bonchev–Trinajstić information content (AvgIpc) is 2.80. The van der Waals surface area contributed by atoms with Crippen LogP contribution in [0.15, 0.2) is 60.7 Å². The number of rotatable bonds is 7. The normalized spacial score (nSPS) is 21.4. The molecule has 2 aromatic rings. The van der Waals surface area contributed by atoms with Gasteiger partial charge in [0, 0.05) is 13.2 Å². The first-order valence-electron chi connectivity index (χ1n) is 12.7. The minimum Gasteiger partial charge on any atom is -0.444 e. The first-order valence-corrected chi connectivity index (χ1v) is 14.6. The van der Waals surface area contributed by atoms with Gasteiger partial charge in [-0.15, -0.1) is 0 Å². The lowest BCUT2D eigenvalue weighted by molar-refractivity contribution is -0.0754. The van der Waals surface area contributed by atoms with E-state index in [0.717, 1.165) is 25.7 Å². The molecule has 2 aromatic carbocycles. The van der Waals surface area contributed by atoms with E-state index in [4.69, 9.17) is 13.9 Å². The third-order valence-electron chi connectivity index (χ3n) is 7.02. The van der Waals surface area contributed by atoms with E-state index >= 15 is 0 Å². The number of carbonyl (C=O) groups is 1. The summed E-state index contributed by atoms with van der Waals surface area (Å²) in [6.45, 7) is 13.0. The highest BCUT2D eigenvalue weighted by Crippen LogP contribution is 2.39. The van der Waals surface area contributed by atoms with Crippen LogP contribution in [0.3, 0.4) is 0 Å². The molecule has 0 aromatic heterocycles. The number of amides is 1. The molecule has 0 saturated heterocycles. The van der Waals surface area contributed by atoms with Crippen LogP contribution in [0.1, 0.15) is 67.2 Å². The van der Waals surface area contributed by atoms with Gasteiger partial charge in [0.25, 0.3) is 8.32 Å². The summed E-state index contributed by atoms with van der Waals surface area (Å²) in [5, 5.41) is 5.49. The van der Waals surface area contributed by atoms with Gasteiger partial charge < -0.3 is 19.2 Å². The van der Waals surface area contributed by atoms with Gasteiger partial charge in [0.2, 0.25) is 0 Å². The minimum atomic E-state index is -2.64. The molecule has 0 atom stereocenters. The fraction of sp³-hybridized carbons (Fsp3) is 0.552. The van der Waals surface area contributed by atoms with E-state index in [1.165, 1.54) is 10.4 Å². The first-order chi connectivity index (χ1) is 16.4. The Kier molecular flexibility index (Phi) is 8.51. The molecular weight excluding hydrogens is 454 g/mol. The van der Waals surface area contributed by atoms with Gasteiger partial charge in [0.05, 0.1) is 12.2 Å². The van der Waals surface area contributed by atoms with Gasteiger partial charge in [-0.05, 0) is 61.9 Å². The topological polar surface area (TPSA) is 56.8 Å². The van der Waals surface area contributed by atoms with Crippen molar-refractivity contribution in [2.45, 2.75) is 89.5 Å². The molecule has 1 fully saturated rings. The molecule has 1 N–H and O–H groups in total. The largest absolute Gasteiger partial charge is 0.444 e. The van der Waals surface area contributed by atoms with Crippen molar-refractivity contribution >= 4 is 24.8 Å². The number of alkyl carbamates (subject to hydrolysis) is 1. The van der Waals surface area contributed by atoms with Gasteiger partial charge in [-0.1, -0.05) is 81.4 Å². The van der Waals surface area contributed by atoms with Gasteiger partial charge in [0.15, 0.2) is 0 Å². The summed E-state index contributed by atoms with van der Waals surface area (Å²) in [7, 11) is -0.848. The fourth-order valence-electron chi connectivity index (χ4n) is 5.17. The lowest BCUT2D eigenvalue weighted by Crippen LogP contribution is -2.68. The lowest BCUT2D eigenvalue weighted by Gasteiger charge is -2.46. The second-order valence-electron chi connectivity index (χ2n) is 11.8. The summed E-state index contributed by atoms with van der Waals surface area (Å²) in [6.07, 6.45) is 2.95. The number of benzene rings is 2. The smallest absolute Gasteiger partial charge is 0.407 e. The van der Waals surface area contributed by atoms with Gasteiger partial charge in [-0.3, -0.25) is 0 Å². The molecule has 3 rings (SSSR count). The molecule has 0 heterocycles. The van der Waals surface area contributed by atoms with E-state index < -0.39 is 13.9 Å². The molecule has 1 aliphatic rings. The number of nitrogens with one attached hydrogen (secondary N) is 1. The highest BCUT2D eigenvalue weighted by Gasteiger charge is 2.51. The summed E-state index contributed by atoms with van der Waals surface area (Å²) in [4.78, 5) is 12.3. The third kappa shape index (κ3) is 6.54. The predicted octanol–water partition coefficient (Wildman–Crippen LogP) is 5.42. The summed E-state index contributed by atoms with van der Waals surface area (Å²) in [5.74, 6) is 0. The van der Waals surface area contributed by atoms with Crippen LogP contribution in [-0.4, -0.2) is 45.4 Å². The zero-order chi connectivity index (χ0) is 25.7. The summed E-state index contributed by atoms with van der Waals surface area (Å²) >= 11 is 0. The summed E-state index contributed by atoms with van der Waals surface area (Å²) in [5.41, 5.74) is -0.877. The van der Waals surface area contributed by atoms with Crippen molar-refractivity contribution in [3.63, 3.8) is 0 Å². The van der Waals surface area contributed by atoms with Crippen LogP contribution in [0, 0.1) is 0 Å². The molecule has 0 radical (unpaired) electrons. The SMILES string of the molecule is CO[C@]1(CO[Si](c2ccccc2)(c2ccccc2)C(C)(C)C)CC[C@@H](NC(=O)OC(C)(C)C)CC1. The number of methoxy groups -OCH3 is 1. The van der Waals surface area contributed by atoms with Crippen LogP contribution in [0.5, 0.6) is 0 Å². The third-order valence-corrected chi connectivity index (χ3v) is 12.0. The van der Waals surface area contributed by atoms with Crippen molar-refractivity contribution in [3.05, 3.63) is 60.7 Å². The molecule has 192 valence electrons.